The van der Waals surface area contributed by atoms with E-state index >= 15 is 0 Å². The Morgan fingerprint density at radius 2 is 2.00 bits per heavy atom. The molecular formula is C21H31ClF2N6O2. The zero-order valence-corrected chi connectivity index (χ0v) is 18.7. The predicted octanol–water partition coefficient (Wildman–Crippen LogP) is 1.40. The topological polar surface area (TPSA) is 87.4 Å². The van der Waals surface area contributed by atoms with E-state index in [4.69, 9.17) is 26.8 Å². The van der Waals surface area contributed by atoms with Gasteiger partial charge in [0, 0.05) is 36.7 Å². The van der Waals surface area contributed by atoms with Crippen LogP contribution in [0.2, 0.25) is 5.02 Å². The van der Waals surface area contributed by atoms with E-state index in [9.17, 15) is 8.78 Å². The molecule has 4 rings (SSSR count). The Labute approximate surface area is 192 Å². The van der Waals surface area contributed by atoms with E-state index in [1.54, 1.807) is 0 Å². The molecule has 0 amide bonds. The average molecular weight is 473 g/mol. The molecule has 0 spiro atoms. The molecule has 3 aliphatic heterocycles. The molecule has 1 aromatic rings. The summed E-state index contributed by atoms with van der Waals surface area (Å²) in [5.74, 6) is 0.786. The summed E-state index contributed by atoms with van der Waals surface area (Å²) in [6.07, 6.45) is -0.243. The Morgan fingerprint density at radius 3 is 2.66 bits per heavy atom. The third-order valence-electron chi connectivity index (χ3n) is 6.17. The van der Waals surface area contributed by atoms with Gasteiger partial charge in [-0.3, -0.25) is 16.1 Å². The second kappa shape index (κ2) is 10.9. The van der Waals surface area contributed by atoms with Crippen LogP contribution in [-0.4, -0.2) is 86.1 Å². The van der Waals surface area contributed by atoms with E-state index in [1.165, 1.54) is 5.56 Å². The molecule has 3 atom stereocenters. The quantitative estimate of drug-likeness (QED) is 0.553. The molecule has 1 aromatic carbocycles. The molecule has 2 fully saturated rings. The molecule has 2 saturated heterocycles. The predicted molar refractivity (Wildman–Crippen MR) is 118 cm³/mol. The Morgan fingerprint density at radius 1 is 1.25 bits per heavy atom. The number of hydrogen-bond donors (Lipinski definition) is 3. The zero-order chi connectivity index (χ0) is 22.5. The van der Waals surface area contributed by atoms with Crippen molar-refractivity contribution in [2.45, 2.75) is 50.2 Å². The number of nitrogens with one attached hydrogen (secondary N) is 2. The molecule has 3 aliphatic rings. The fraction of sp³-hybridized carbons (Fsp3) is 0.667. The lowest BCUT2D eigenvalue weighted by Crippen LogP contribution is -2.59. The van der Waals surface area contributed by atoms with Crippen molar-refractivity contribution in [3.8, 4) is 0 Å². The molecule has 0 bridgehead atoms. The first-order valence-electron chi connectivity index (χ1n) is 11.1. The second-order valence-electron chi connectivity index (χ2n) is 8.47. The number of nitrogens with two attached hydrogens (primary N) is 1. The number of halogens is 3. The van der Waals surface area contributed by atoms with Gasteiger partial charge >= 0.3 is 0 Å². The highest BCUT2D eigenvalue weighted by atomic mass is 35.5. The summed E-state index contributed by atoms with van der Waals surface area (Å²) in [7, 11) is 0. The van der Waals surface area contributed by atoms with Gasteiger partial charge in [0.05, 0.1) is 19.3 Å². The van der Waals surface area contributed by atoms with E-state index in [-0.39, 0.29) is 25.0 Å². The van der Waals surface area contributed by atoms with Crippen LogP contribution >= 0.6 is 11.6 Å². The van der Waals surface area contributed by atoms with Gasteiger partial charge in [0.2, 0.25) is 5.96 Å². The van der Waals surface area contributed by atoms with Gasteiger partial charge in [0.15, 0.2) is 6.29 Å². The molecule has 0 saturated carbocycles. The van der Waals surface area contributed by atoms with Crippen molar-refractivity contribution in [3.63, 3.8) is 0 Å². The first-order chi connectivity index (χ1) is 15.5. The average Bonchev–Trinajstić information content (AvgIpc) is 3.22. The minimum absolute atomic E-state index is 0.178. The summed E-state index contributed by atoms with van der Waals surface area (Å²) in [6, 6.07) is 8.46. The smallest absolute Gasteiger partial charge is 0.261 e. The number of rotatable bonds is 7. The van der Waals surface area contributed by atoms with Crippen molar-refractivity contribution >= 4 is 17.6 Å². The lowest BCUT2D eigenvalue weighted by molar-refractivity contribution is -0.117. The molecule has 0 aromatic heterocycles. The number of guanidine groups is 1. The minimum atomic E-state index is -2.47. The summed E-state index contributed by atoms with van der Waals surface area (Å²) in [5.41, 5.74) is 9.82. The van der Waals surface area contributed by atoms with Crippen molar-refractivity contribution in [1.29, 1.82) is 0 Å². The van der Waals surface area contributed by atoms with Crippen LogP contribution in [-0.2, 0) is 15.9 Å². The SMILES string of the molecule is NC1NN=C(N2CCC(N3CC(COCC(F)F)OCC3Cc3ccc(Cl)cc3)CC2)N1. The lowest BCUT2D eigenvalue weighted by atomic mass is 9.96. The fourth-order valence-electron chi connectivity index (χ4n) is 4.59. The van der Waals surface area contributed by atoms with Crippen LogP contribution in [0.5, 0.6) is 0 Å². The fourth-order valence-corrected chi connectivity index (χ4v) is 4.72. The van der Waals surface area contributed by atoms with Gasteiger partial charge in [0.1, 0.15) is 6.61 Å². The van der Waals surface area contributed by atoms with Gasteiger partial charge in [-0.2, -0.15) is 0 Å². The molecule has 4 N–H and O–H groups in total. The molecule has 0 radical (unpaired) electrons. The van der Waals surface area contributed by atoms with Crippen LogP contribution in [0.3, 0.4) is 0 Å². The van der Waals surface area contributed by atoms with Gasteiger partial charge in [-0.05, 0) is 37.0 Å². The maximum absolute atomic E-state index is 12.5. The first kappa shape index (κ1) is 23.4. The molecular weight excluding hydrogens is 442 g/mol. The van der Waals surface area contributed by atoms with Crippen LogP contribution in [0.1, 0.15) is 18.4 Å². The van der Waals surface area contributed by atoms with E-state index in [0.29, 0.717) is 24.2 Å². The summed E-state index contributed by atoms with van der Waals surface area (Å²) in [5, 5.41) is 8.09. The largest absolute Gasteiger partial charge is 0.373 e. The Kier molecular flexibility index (Phi) is 8.01. The highest BCUT2D eigenvalue weighted by molar-refractivity contribution is 6.30. The minimum Gasteiger partial charge on any atom is -0.373 e. The molecule has 3 unspecified atom stereocenters. The molecule has 0 aliphatic carbocycles. The number of morpholine rings is 1. The summed E-state index contributed by atoms with van der Waals surface area (Å²) >= 11 is 6.04. The first-order valence-corrected chi connectivity index (χ1v) is 11.4. The number of hydrogen-bond acceptors (Lipinski definition) is 8. The van der Waals surface area contributed by atoms with E-state index < -0.39 is 13.0 Å². The summed E-state index contributed by atoms with van der Waals surface area (Å²) < 4.78 is 36.1. The number of benzene rings is 1. The third kappa shape index (κ3) is 6.20. The highest BCUT2D eigenvalue weighted by Crippen LogP contribution is 2.26. The maximum Gasteiger partial charge on any atom is 0.261 e. The van der Waals surface area contributed by atoms with Gasteiger partial charge < -0.3 is 19.7 Å². The van der Waals surface area contributed by atoms with Crippen LogP contribution in [0.25, 0.3) is 0 Å². The standard InChI is InChI=1S/C21H31ClF2N6O2/c22-15-3-1-14(2-4-15)9-17-11-32-18(12-31-13-19(23)24)10-30(17)16-5-7-29(8-6-16)21-26-20(25)27-28-21/h1-4,16-20,27H,5-13,25H2,(H,26,28). The van der Waals surface area contributed by atoms with E-state index in [1.807, 2.05) is 24.3 Å². The van der Waals surface area contributed by atoms with Gasteiger partial charge in [-0.15, -0.1) is 5.10 Å². The van der Waals surface area contributed by atoms with E-state index in [2.05, 4.69) is 25.6 Å². The lowest BCUT2D eigenvalue weighted by Gasteiger charge is -2.47. The van der Waals surface area contributed by atoms with Crippen molar-refractivity contribution in [1.82, 2.24) is 20.5 Å². The number of alkyl halides is 2. The molecule has 8 nitrogen and oxygen atoms in total. The normalized spacial score (nSPS) is 27.3. The summed E-state index contributed by atoms with van der Waals surface area (Å²) in [6.45, 7) is 2.55. The molecule has 178 valence electrons. The third-order valence-corrected chi connectivity index (χ3v) is 6.42. The van der Waals surface area contributed by atoms with Crippen LogP contribution < -0.4 is 16.5 Å². The molecule has 32 heavy (non-hydrogen) atoms. The number of piperidine rings is 1. The zero-order valence-electron chi connectivity index (χ0n) is 17.9. The molecule has 11 heteroatoms. The van der Waals surface area contributed by atoms with Crippen LogP contribution in [0.4, 0.5) is 8.78 Å². The van der Waals surface area contributed by atoms with Gasteiger partial charge in [-0.25, -0.2) is 8.78 Å². The molecule has 3 heterocycles. The van der Waals surface area contributed by atoms with Crippen molar-refractivity contribution < 1.29 is 18.3 Å². The Bertz CT molecular complexity index is 763. The highest BCUT2D eigenvalue weighted by Gasteiger charge is 2.36. The van der Waals surface area contributed by atoms with E-state index in [0.717, 1.165) is 38.3 Å². The van der Waals surface area contributed by atoms with Gasteiger partial charge in [-0.1, -0.05) is 23.7 Å². The second-order valence-corrected chi connectivity index (χ2v) is 8.91. The number of hydrazone groups is 1. The number of ether oxygens (including phenoxy) is 2. The van der Waals surface area contributed by atoms with Crippen molar-refractivity contribution in [2.24, 2.45) is 10.8 Å². The number of likely N-dealkylation sites (tertiary alicyclic amines) is 1. The van der Waals surface area contributed by atoms with Crippen LogP contribution in [0, 0.1) is 0 Å². The van der Waals surface area contributed by atoms with Crippen molar-refractivity contribution in [3.05, 3.63) is 34.9 Å². The van der Waals surface area contributed by atoms with Crippen LogP contribution in [0.15, 0.2) is 29.4 Å². The van der Waals surface area contributed by atoms with Gasteiger partial charge in [0.25, 0.3) is 6.43 Å². The Balaban J connectivity index is 1.38. The van der Waals surface area contributed by atoms with Crippen molar-refractivity contribution in [2.75, 3.05) is 39.5 Å². The number of nitrogens with zero attached hydrogens (tertiary/aromatic N) is 3. The summed E-state index contributed by atoms with van der Waals surface area (Å²) in [4.78, 5) is 4.69. The maximum atomic E-state index is 12.5. The monoisotopic (exact) mass is 472 g/mol. The Hall–Kier alpha value is -1.72.